The van der Waals surface area contributed by atoms with E-state index in [2.05, 4.69) is 5.32 Å². The third-order valence-corrected chi connectivity index (χ3v) is 5.93. The van der Waals surface area contributed by atoms with Crippen LogP contribution in [0.1, 0.15) is 55.8 Å². The van der Waals surface area contributed by atoms with Crippen LogP contribution in [0.4, 0.5) is 9.18 Å². The lowest BCUT2D eigenvalue weighted by molar-refractivity contribution is 0.0775. The maximum absolute atomic E-state index is 13.4. The van der Waals surface area contributed by atoms with Crippen molar-refractivity contribution in [1.29, 1.82) is 0 Å². The second-order valence-electron chi connectivity index (χ2n) is 7.88. The molecule has 30 heavy (non-hydrogen) atoms. The first-order valence-corrected chi connectivity index (χ1v) is 10.8. The van der Waals surface area contributed by atoms with E-state index in [1.54, 1.807) is 12.1 Å². The van der Waals surface area contributed by atoms with Gasteiger partial charge in [-0.25, -0.2) is 9.18 Å². The van der Waals surface area contributed by atoms with Crippen LogP contribution in [0.5, 0.6) is 5.75 Å². The van der Waals surface area contributed by atoms with Gasteiger partial charge in [-0.05, 0) is 68.0 Å². The van der Waals surface area contributed by atoms with Crippen molar-refractivity contribution in [3.05, 3.63) is 65.5 Å². The molecule has 5 nitrogen and oxygen atoms in total. The smallest absolute Gasteiger partial charge is 0.318 e. The van der Waals surface area contributed by atoms with E-state index < -0.39 is 0 Å². The normalized spacial score (nSPS) is 22.1. The number of rotatable bonds is 6. The first kappa shape index (κ1) is 20.7. The topological polar surface area (TPSA) is 50.8 Å². The third-order valence-electron chi connectivity index (χ3n) is 5.93. The van der Waals surface area contributed by atoms with Crippen LogP contribution in [0, 0.1) is 5.82 Å². The van der Waals surface area contributed by atoms with Gasteiger partial charge in [-0.15, -0.1) is 0 Å². The minimum absolute atomic E-state index is 0.0408. The summed E-state index contributed by atoms with van der Waals surface area (Å²) >= 11 is 0. The van der Waals surface area contributed by atoms with Crippen LogP contribution in [-0.2, 0) is 4.74 Å². The molecule has 2 saturated heterocycles. The average molecular weight is 413 g/mol. The van der Waals surface area contributed by atoms with Gasteiger partial charge in [0.1, 0.15) is 11.6 Å². The minimum Gasteiger partial charge on any atom is -0.494 e. The Bertz CT molecular complexity index is 835. The van der Waals surface area contributed by atoms with Gasteiger partial charge in [-0.3, -0.25) is 0 Å². The first-order chi connectivity index (χ1) is 14.7. The van der Waals surface area contributed by atoms with E-state index in [0.29, 0.717) is 19.8 Å². The molecule has 2 heterocycles. The predicted molar refractivity (Wildman–Crippen MR) is 113 cm³/mol. The van der Waals surface area contributed by atoms with Gasteiger partial charge in [0.2, 0.25) is 0 Å². The quantitative estimate of drug-likeness (QED) is 0.727. The zero-order chi connectivity index (χ0) is 20.9. The van der Waals surface area contributed by atoms with E-state index in [1.807, 2.05) is 36.1 Å². The number of hydrogen-bond acceptors (Lipinski definition) is 3. The summed E-state index contributed by atoms with van der Waals surface area (Å²) in [7, 11) is 0. The molecule has 160 valence electrons. The number of carbonyl (C=O) groups is 1. The van der Waals surface area contributed by atoms with Crippen LogP contribution in [0.2, 0.25) is 0 Å². The van der Waals surface area contributed by atoms with Crippen molar-refractivity contribution in [1.82, 2.24) is 10.2 Å². The lowest BCUT2D eigenvalue weighted by atomic mass is 9.99. The molecule has 1 N–H and O–H groups in total. The fourth-order valence-electron chi connectivity index (χ4n) is 4.45. The Morgan fingerprint density at radius 2 is 1.93 bits per heavy atom. The number of ether oxygens (including phenoxy) is 2. The average Bonchev–Trinajstić information content (AvgIpc) is 3.46. The van der Waals surface area contributed by atoms with Crippen molar-refractivity contribution < 1.29 is 18.7 Å². The molecule has 0 bridgehead atoms. The Morgan fingerprint density at radius 1 is 1.17 bits per heavy atom. The lowest BCUT2D eigenvalue weighted by Gasteiger charge is -2.30. The van der Waals surface area contributed by atoms with Gasteiger partial charge in [-0.2, -0.15) is 0 Å². The Morgan fingerprint density at radius 3 is 2.60 bits per heavy atom. The Labute approximate surface area is 177 Å². The van der Waals surface area contributed by atoms with Gasteiger partial charge in [-0.1, -0.05) is 24.3 Å². The van der Waals surface area contributed by atoms with Crippen molar-refractivity contribution in [2.45, 2.75) is 50.8 Å². The summed E-state index contributed by atoms with van der Waals surface area (Å²) in [6, 6.07) is 14.0. The van der Waals surface area contributed by atoms with Gasteiger partial charge < -0.3 is 19.7 Å². The number of benzene rings is 2. The number of likely N-dealkylation sites (tertiary alicyclic amines) is 1. The SMILES string of the molecule is CCOc1ccc(C2CCCN2C(=O)NC(c2ccc(F)cc2)C2CCCO2)cc1. The molecule has 0 aliphatic carbocycles. The number of amides is 2. The van der Waals surface area contributed by atoms with Crippen molar-refractivity contribution in [2.75, 3.05) is 19.8 Å². The summed E-state index contributed by atoms with van der Waals surface area (Å²) in [4.78, 5) is 15.2. The Hall–Kier alpha value is -2.60. The van der Waals surface area contributed by atoms with E-state index in [1.165, 1.54) is 12.1 Å². The summed E-state index contributed by atoms with van der Waals surface area (Å²) in [6.45, 7) is 4.00. The van der Waals surface area contributed by atoms with Crippen LogP contribution in [0.15, 0.2) is 48.5 Å². The van der Waals surface area contributed by atoms with Crippen molar-refractivity contribution in [3.63, 3.8) is 0 Å². The van der Waals surface area contributed by atoms with E-state index >= 15 is 0 Å². The van der Waals surface area contributed by atoms with Crippen LogP contribution < -0.4 is 10.1 Å². The second-order valence-corrected chi connectivity index (χ2v) is 7.88. The number of nitrogens with one attached hydrogen (secondary N) is 1. The van der Waals surface area contributed by atoms with Gasteiger partial charge in [0.05, 0.1) is 24.8 Å². The highest BCUT2D eigenvalue weighted by atomic mass is 19.1. The van der Waals surface area contributed by atoms with Gasteiger partial charge in [0.15, 0.2) is 0 Å². The highest BCUT2D eigenvalue weighted by molar-refractivity contribution is 5.75. The number of urea groups is 1. The predicted octanol–water partition coefficient (Wildman–Crippen LogP) is 4.99. The fourth-order valence-corrected chi connectivity index (χ4v) is 4.45. The zero-order valence-electron chi connectivity index (χ0n) is 17.4. The maximum atomic E-state index is 13.4. The van der Waals surface area contributed by atoms with Crippen LogP contribution in [0.3, 0.4) is 0 Å². The summed E-state index contributed by atoms with van der Waals surface area (Å²) in [5.74, 6) is 0.552. The number of carbonyl (C=O) groups excluding carboxylic acids is 1. The largest absolute Gasteiger partial charge is 0.494 e. The van der Waals surface area contributed by atoms with Crippen molar-refractivity contribution >= 4 is 6.03 Å². The monoisotopic (exact) mass is 412 g/mol. The molecule has 0 spiro atoms. The van der Waals surface area contributed by atoms with E-state index in [-0.39, 0.29) is 30.0 Å². The highest BCUT2D eigenvalue weighted by Gasteiger charge is 2.34. The summed E-state index contributed by atoms with van der Waals surface area (Å²) in [6.07, 6.45) is 3.65. The fraction of sp³-hybridized carbons (Fsp3) is 0.458. The molecule has 0 radical (unpaired) electrons. The molecule has 2 aliphatic rings. The highest BCUT2D eigenvalue weighted by Crippen LogP contribution is 2.34. The molecule has 2 fully saturated rings. The minimum atomic E-state index is -0.290. The molecule has 2 aromatic rings. The molecule has 0 aromatic heterocycles. The summed E-state index contributed by atoms with van der Waals surface area (Å²) in [5.41, 5.74) is 1.98. The number of nitrogens with zero attached hydrogens (tertiary/aromatic N) is 1. The molecule has 4 rings (SSSR count). The number of hydrogen-bond donors (Lipinski definition) is 1. The standard InChI is InChI=1S/C24H29FN2O3/c1-2-29-20-13-9-17(10-14-20)21-5-3-15-27(21)24(28)26-23(22-6-4-16-30-22)18-7-11-19(25)12-8-18/h7-14,21-23H,2-6,15-16H2,1H3,(H,26,28). The molecule has 3 atom stereocenters. The molecule has 2 aromatic carbocycles. The van der Waals surface area contributed by atoms with E-state index in [9.17, 15) is 9.18 Å². The molecule has 2 aliphatic heterocycles. The van der Waals surface area contributed by atoms with Gasteiger partial charge in [0, 0.05) is 13.2 Å². The lowest BCUT2D eigenvalue weighted by Crippen LogP contribution is -2.44. The van der Waals surface area contributed by atoms with E-state index in [0.717, 1.165) is 42.6 Å². The summed E-state index contributed by atoms with van der Waals surface area (Å²) in [5, 5.41) is 3.18. The summed E-state index contributed by atoms with van der Waals surface area (Å²) < 4.78 is 24.8. The number of halogens is 1. The van der Waals surface area contributed by atoms with Crippen LogP contribution in [-0.4, -0.2) is 36.8 Å². The molecule has 6 heteroatoms. The molecule has 2 amide bonds. The first-order valence-electron chi connectivity index (χ1n) is 10.8. The van der Waals surface area contributed by atoms with Crippen LogP contribution in [0.25, 0.3) is 0 Å². The maximum Gasteiger partial charge on any atom is 0.318 e. The molecular weight excluding hydrogens is 383 g/mol. The second kappa shape index (κ2) is 9.47. The van der Waals surface area contributed by atoms with E-state index in [4.69, 9.17) is 9.47 Å². The van der Waals surface area contributed by atoms with Gasteiger partial charge in [0.25, 0.3) is 0 Å². The molecular formula is C24H29FN2O3. The van der Waals surface area contributed by atoms with Crippen molar-refractivity contribution in [2.24, 2.45) is 0 Å². The van der Waals surface area contributed by atoms with Gasteiger partial charge >= 0.3 is 6.03 Å². The zero-order valence-corrected chi connectivity index (χ0v) is 17.4. The Kier molecular flexibility index (Phi) is 6.53. The van der Waals surface area contributed by atoms with Crippen LogP contribution >= 0.6 is 0 Å². The van der Waals surface area contributed by atoms with Crippen molar-refractivity contribution in [3.8, 4) is 5.75 Å². The molecule has 0 saturated carbocycles. The molecule has 3 unspecified atom stereocenters. The third kappa shape index (κ3) is 4.59. The Balaban J connectivity index is 1.50.